The van der Waals surface area contributed by atoms with E-state index >= 15 is 0 Å². The SMILES string of the molecule is CC1CCNC2(CC(C)(C)C2)O1. The van der Waals surface area contributed by atoms with Crippen LogP contribution in [-0.4, -0.2) is 18.4 Å². The molecule has 1 spiro atoms. The highest BCUT2D eigenvalue weighted by atomic mass is 16.5. The molecule has 1 aliphatic carbocycles. The highest BCUT2D eigenvalue weighted by Gasteiger charge is 2.51. The van der Waals surface area contributed by atoms with E-state index in [2.05, 4.69) is 26.1 Å². The Bertz CT molecular complexity index is 175. The van der Waals surface area contributed by atoms with E-state index in [9.17, 15) is 0 Å². The number of nitrogens with one attached hydrogen (secondary N) is 1. The first-order valence-electron chi connectivity index (χ1n) is 4.94. The molecular weight excluding hydrogens is 150 g/mol. The second-order valence-electron chi connectivity index (χ2n) is 5.16. The summed E-state index contributed by atoms with van der Waals surface area (Å²) in [4.78, 5) is 0. The topological polar surface area (TPSA) is 21.3 Å². The van der Waals surface area contributed by atoms with E-state index in [-0.39, 0.29) is 5.72 Å². The van der Waals surface area contributed by atoms with Gasteiger partial charge in [0.1, 0.15) is 5.72 Å². The minimum Gasteiger partial charge on any atom is -0.358 e. The van der Waals surface area contributed by atoms with Crippen molar-refractivity contribution in [3.63, 3.8) is 0 Å². The minimum atomic E-state index is 0.0567. The van der Waals surface area contributed by atoms with Gasteiger partial charge in [-0.1, -0.05) is 13.8 Å². The fraction of sp³-hybridized carbons (Fsp3) is 1.00. The van der Waals surface area contributed by atoms with Crippen molar-refractivity contribution in [2.24, 2.45) is 5.41 Å². The van der Waals surface area contributed by atoms with Crippen LogP contribution in [0.5, 0.6) is 0 Å². The van der Waals surface area contributed by atoms with Crippen LogP contribution in [0.4, 0.5) is 0 Å². The summed E-state index contributed by atoms with van der Waals surface area (Å²) < 4.78 is 5.93. The molecule has 1 N–H and O–H groups in total. The molecule has 2 nitrogen and oxygen atoms in total. The van der Waals surface area contributed by atoms with E-state index in [1.807, 2.05) is 0 Å². The maximum absolute atomic E-state index is 5.93. The molecule has 2 fully saturated rings. The van der Waals surface area contributed by atoms with Crippen molar-refractivity contribution in [3.8, 4) is 0 Å². The summed E-state index contributed by atoms with van der Waals surface area (Å²) >= 11 is 0. The van der Waals surface area contributed by atoms with Crippen LogP contribution in [0.25, 0.3) is 0 Å². The van der Waals surface area contributed by atoms with E-state index in [4.69, 9.17) is 4.74 Å². The lowest BCUT2D eigenvalue weighted by Gasteiger charge is -2.56. The van der Waals surface area contributed by atoms with Crippen molar-refractivity contribution in [1.82, 2.24) is 5.32 Å². The van der Waals surface area contributed by atoms with E-state index in [0.717, 1.165) is 13.0 Å². The molecule has 12 heavy (non-hydrogen) atoms. The highest BCUT2D eigenvalue weighted by molar-refractivity contribution is 5.01. The van der Waals surface area contributed by atoms with E-state index in [0.29, 0.717) is 11.5 Å². The third-order valence-corrected chi connectivity index (χ3v) is 2.95. The van der Waals surface area contributed by atoms with Gasteiger partial charge >= 0.3 is 0 Å². The van der Waals surface area contributed by atoms with Gasteiger partial charge in [-0.2, -0.15) is 0 Å². The molecule has 1 unspecified atom stereocenters. The molecule has 1 saturated heterocycles. The number of rotatable bonds is 0. The Labute approximate surface area is 74.7 Å². The highest BCUT2D eigenvalue weighted by Crippen LogP contribution is 2.49. The molecule has 0 aromatic carbocycles. The Balaban J connectivity index is 1.96. The Morgan fingerprint density at radius 2 is 2.00 bits per heavy atom. The zero-order valence-electron chi connectivity index (χ0n) is 8.31. The molecule has 1 aliphatic heterocycles. The lowest BCUT2D eigenvalue weighted by Crippen LogP contribution is -2.64. The van der Waals surface area contributed by atoms with Crippen molar-refractivity contribution < 1.29 is 4.74 Å². The maximum atomic E-state index is 5.93. The standard InChI is InChI=1S/C10H19NO/c1-8-4-5-11-10(12-8)6-9(2,3)7-10/h8,11H,4-7H2,1-3H3. The monoisotopic (exact) mass is 169 g/mol. The first-order chi connectivity index (χ1) is 5.52. The predicted octanol–water partition coefficient (Wildman–Crippen LogP) is 1.90. The van der Waals surface area contributed by atoms with Gasteiger partial charge in [-0.15, -0.1) is 0 Å². The number of ether oxygens (including phenoxy) is 1. The zero-order valence-corrected chi connectivity index (χ0v) is 8.31. The van der Waals surface area contributed by atoms with Crippen LogP contribution < -0.4 is 5.32 Å². The maximum Gasteiger partial charge on any atom is 0.120 e. The third-order valence-electron chi connectivity index (χ3n) is 2.95. The van der Waals surface area contributed by atoms with Crippen molar-refractivity contribution in [2.75, 3.05) is 6.54 Å². The Kier molecular flexibility index (Phi) is 1.74. The Morgan fingerprint density at radius 3 is 2.50 bits per heavy atom. The van der Waals surface area contributed by atoms with Gasteiger partial charge in [-0.05, 0) is 31.6 Å². The van der Waals surface area contributed by atoms with Crippen molar-refractivity contribution in [3.05, 3.63) is 0 Å². The first kappa shape index (κ1) is 8.52. The van der Waals surface area contributed by atoms with Crippen LogP contribution >= 0.6 is 0 Å². The lowest BCUT2D eigenvalue weighted by atomic mass is 9.65. The summed E-state index contributed by atoms with van der Waals surface area (Å²) in [6.07, 6.45) is 3.94. The summed E-state index contributed by atoms with van der Waals surface area (Å²) in [5.74, 6) is 0. The fourth-order valence-electron chi connectivity index (χ4n) is 2.69. The summed E-state index contributed by atoms with van der Waals surface area (Å²) in [5.41, 5.74) is 0.547. The summed E-state index contributed by atoms with van der Waals surface area (Å²) in [6.45, 7) is 7.91. The van der Waals surface area contributed by atoms with Gasteiger partial charge in [0.15, 0.2) is 0 Å². The van der Waals surface area contributed by atoms with Crippen LogP contribution in [0, 0.1) is 5.41 Å². The molecular formula is C10H19NO. The molecule has 1 saturated carbocycles. The molecule has 1 atom stereocenters. The van der Waals surface area contributed by atoms with E-state index in [1.165, 1.54) is 12.8 Å². The molecule has 0 aromatic heterocycles. The minimum absolute atomic E-state index is 0.0567. The second kappa shape index (κ2) is 2.46. The van der Waals surface area contributed by atoms with Crippen LogP contribution in [-0.2, 0) is 4.74 Å². The van der Waals surface area contributed by atoms with Gasteiger partial charge in [0.05, 0.1) is 6.10 Å². The smallest absolute Gasteiger partial charge is 0.120 e. The predicted molar refractivity (Wildman–Crippen MR) is 48.9 cm³/mol. The fourth-order valence-corrected chi connectivity index (χ4v) is 2.69. The third kappa shape index (κ3) is 1.38. The molecule has 0 bridgehead atoms. The Morgan fingerprint density at radius 1 is 1.33 bits per heavy atom. The largest absolute Gasteiger partial charge is 0.358 e. The quantitative estimate of drug-likeness (QED) is 0.598. The van der Waals surface area contributed by atoms with Crippen molar-refractivity contribution in [2.45, 2.75) is 51.9 Å². The average molecular weight is 169 g/mol. The summed E-state index contributed by atoms with van der Waals surface area (Å²) in [6, 6.07) is 0. The zero-order chi connectivity index (χ0) is 8.82. The van der Waals surface area contributed by atoms with E-state index < -0.39 is 0 Å². The summed E-state index contributed by atoms with van der Waals surface area (Å²) in [5, 5.41) is 3.50. The lowest BCUT2D eigenvalue weighted by molar-refractivity contribution is -0.220. The first-order valence-corrected chi connectivity index (χ1v) is 4.94. The van der Waals surface area contributed by atoms with Crippen molar-refractivity contribution >= 4 is 0 Å². The van der Waals surface area contributed by atoms with Crippen molar-refractivity contribution in [1.29, 1.82) is 0 Å². The van der Waals surface area contributed by atoms with Gasteiger partial charge in [0.25, 0.3) is 0 Å². The van der Waals surface area contributed by atoms with Gasteiger partial charge in [0.2, 0.25) is 0 Å². The number of hydrogen-bond donors (Lipinski definition) is 1. The average Bonchev–Trinajstić information content (AvgIpc) is 1.81. The molecule has 2 aliphatic rings. The van der Waals surface area contributed by atoms with Gasteiger partial charge in [0, 0.05) is 6.54 Å². The second-order valence-corrected chi connectivity index (χ2v) is 5.16. The molecule has 0 aromatic rings. The van der Waals surface area contributed by atoms with Crippen LogP contribution in [0.2, 0.25) is 0 Å². The molecule has 0 amide bonds. The number of hydrogen-bond acceptors (Lipinski definition) is 2. The van der Waals surface area contributed by atoms with Crippen LogP contribution in [0.15, 0.2) is 0 Å². The molecule has 2 rings (SSSR count). The molecule has 0 radical (unpaired) electrons. The molecule has 2 heteroatoms. The van der Waals surface area contributed by atoms with E-state index in [1.54, 1.807) is 0 Å². The van der Waals surface area contributed by atoms with Crippen LogP contribution in [0.1, 0.15) is 40.0 Å². The Hall–Kier alpha value is -0.0800. The summed E-state index contributed by atoms with van der Waals surface area (Å²) in [7, 11) is 0. The van der Waals surface area contributed by atoms with Gasteiger partial charge in [-0.3, -0.25) is 5.32 Å². The normalized spacial score (nSPS) is 37.8. The van der Waals surface area contributed by atoms with Crippen LogP contribution in [0.3, 0.4) is 0 Å². The van der Waals surface area contributed by atoms with Gasteiger partial charge < -0.3 is 4.74 Å². The molecule has 70 valence electrons. The molecule has 1 heterocycles. The van der Waals surface area contributed by atoms with Gasteiger partial charge in [-0.25, -0.2) is 0 Å².